The SMILES string of the molecule is O=C(Nc1cccc(OCCc2ccccc2)c1)c1cccc([N+](=O)[O-])c1. The maximum Gasteiger partial charge on any atom is 0.270 e. The van der Waals surface area contributed by atoms with Crippen LogP contribution in [0.3, 0.4) is 0 Å². The Balaban J connectivity index is 1.61. The van der Waals surface area contributed by atoms with Gasteiger partial charge < -0.3 is 10.1 Å². The number of nitrogens with zero attached hydrogens (tertiary/aromatic N) is 1. The summed E-state index contributed by atoms with van der Waals surface area (Å²) in [5.74, 6) is 0.225. The van der Waals surface area contributed by atoms with Gasteiger partial charge in [-0.05, 0) is 23.8 Å². The number of anilines is 1. The molecule has 1 N–H and O–H groups in total. The van der Waals surface area contributed by atoms with E-state index in [9.17, 15) is 14.9 Å². The minimum absolute atomic E-state index is 0.124. The Morgan fingerprint density at radius 2 is 1.74 bits per heavy atom. The molecule has 0 radical (unpaired) electrons. The first-order chi connectivity index (χ1) is 13.1. The average Bonchev–Trinajstić information content (AvgIpc) is 2.69. The van der Waals surface area contributed by atoms with Crippen LogP contribution in [0.1, 0.15) is 15.9 Å². The van der Waals surface area contributed by atoms with Crippen LogP contribution in [0.4, 0.5) is 11.4 Å². The minimum Gasteiger partial charge on any atom is -0.493 e. The highest BCUT2D eigenvalue weighted by molar-refractivity contribution is 6.04. The van der Waals surface area contributed by atoms with Crippen molar-refractivity contribution < 1.29 is 14.5 Å². The van der Waals surface area contributed by atoms with Gasteiger partial charge in [-0.3, -0.25) is 14.9 Å². The summed E-state index contributed by atoms with van der Waals surface area (Å²) in [5, 5.41) is 13.6. The second-order valence-electron chi connectivity index (χ2n) is 5.87. The number of hydrogen-bond acceptors (Lipinski definition) is 4. The molecule has 136 valence electrons. The summed E-state index contributed by atoms with van der Waals surface area (Å²) in [6.07, 6.45) is 0.783. The molecule has 0 aliphatic rings. The van der Waals surface area contributed by atoms with E-state index in [4.69, 9.17) is 4.74 Å². The number of carbonyl (C=O) groups excluding carboxylic acids is 1. The number of rotatable bonds is 7. The number of ether oxygens (including phenoxy) is 1. The van der Waals surface area contributed by atoms with Crippen molar-refractivity contribution in [2.24, 2.45) is 0 Å². The van der Waals surface area contributed by atoms with Gasteiger partial charge in [-0.15, -0.1) is 0 Å². The van der Waals surface area contributed by atoms with E-state index >= 15 is 0 Å². The van der Waals surface area contributed by atoms with Crippen LogP contribution in [-0.2, 0) is 6.42 Å². The largest absolute Gasteiger partial charge is 0.493 e. The molecule has 3 rings (SSSR count). The van der Waals surface area contributed by atoms with Crippen molar-refractivity contribution in [2.45, 2.75) is 6.42 Å². The van der Waals surface area contributed by atoms with E-state index in [1.807, 2.05) is 36.4 Å². The molecular weight excluding hydrogens is 344 g/mol. The zero-order valence-corrected chi connectivity index (χ0v) is 14.5. The van der Waals surface area contributed by atoms with Gasteiger partial charge in [-0.25, -0.2) is 0 Å². The van der Waals surface area contributed by atoms with Gasteiger partial charge in [-0.1, -0.05) is 42.5 Å². The van der Waals surface area contributed by atoms with Crippen LogP contribution in [0.15, 0.2) is 78.9 Å². The van der Waals surface area contributed by atoms with Crippen LogP contribution in [0.5, 0.6) is 5.75 Å². The molecule has 0 aliphatic heterocycles. The Bertz CT molecular complexity index is 942. The molecule has 0 heterocycles. The molecule has 0 unspecified atom stereocenters. The standard InChI is InChI=1S/C21H18N2O4/c24-21(17-8-4-10-19(14-17)23(25)26)22-18-9-5-11-20(15-18)27-13-12-16-6-2-1-3-7-16/h1-11,14-15H,12-13H2,(H,22,24). The van der Waals surface area contributed by atoms with E-state index in [1.54, 1.807) is 18.2 Å². The molecule has 0 spiro atoms. The summed E-state index contributed by atoms with van der Waals surface area (Å²) in [4.78, 5) is 22.6. The number of non-ortho nitro benzene ring substituents is 1. The first-order valence-electron chi connectivity index (χ1n) is 8.44. The van der Waals surface area contributed by atoms with Gasteiger partial charge in [-0.2, -0.15) is 0 Å². The fourth-order valence-electron chi connectivity index (χ4n) is 2.56. The van der Waals surface area contributed by atoms with Gasteiger partial charge in [0, 0.05) is 35.9 Å². The maximum absolute atomic E-state index is 12.3. The van der Waals surface area contributed by atoms with Gasteiger partial charge in [0.25, 0.3) is 11.6 Å². The van der Waals surface area contributed by atoms with Gasteiger partial charge in [0.1, 0.15) is 5.75 Å². The molecule has 0 fully saturated rings. The molecule has 0 atom stereocenters. The molecule has 6 nitrogen and oxygen atoms in total. The van der Waals surface area contributed by atoms with E-state index in [1.165, 1.54) is 29.8 Å². The lowest BCUT2D eigenvalue weighted by atomic mass is 10.2. The monoisotopic (exact) mass is 362 g/mol. The van der Waals surface area contributed by atoms with Crippen LogP contribution < -0.4 is 10.1 Å². The number of carbonyl (C=O) groups is 1. The van der Waals surface area contributed by atoms with Gasteiger partial charge in [0.2, 0.25) is 0 Å². The molecule has 0 aromatic heterocycles. The molecule has 3 aromatic rings. The number of benzene rings is 3. The van der Waals surface area contributed by atoms with Crippen molar-refractivity contribution in [1.82, 2.24) is 0 Å². The first kappa shape index (κ1) is 18.1. The Labute approximate surface area is 156 Å². The van der Waals surface area contributed by atoms with E-state index < -0.39 is 10.8 Å². The van der Waals surface area contributed by atoms with E-state index in [2.05, 4.69) is 5.32 Å². The summed E-state index contributed by atoms with van der Waals surface area (Å²) >= 11 is 0. The average molecular weight is 362 g/mol. The van der Waals surface area contributed by atoms with Crippen molar-refractivity contribution in [3.8, 4) is 5.75 Å². The smallest absolute Gasteiger partial charge is 0.270 e. The second-order valence-corrected chi connectivity index (χ2v) is 5.87. The second kappa shape index (κ2) is 8.62. The fourth-order valence-corrected chi connectivity index (χ4v) is 2.56. The summed E-state index contributed by atoms with van der Waals surface area (Å²) in [5.41, 5.74) is 1.84. The first-order valence-corrected chi connectivity index (χ1v) is 8.44. The highest BCUT2D eigenvalue weighted by Crippen LogP contribution is 2.19. The molecule has 3 aromatic carbocycles. The van der Waals surface area contributed by atoms with E-state index in [0.717, 1.165) is 6.42 Å². The molecule has 27 heavy (non-hydrogen) atoms. The summed E-state index contributed by atoms with van der Waals surface area (Å²) < 4.78 is 5.75. The zero-order valence-electron chi connectivity index (χ0n) is 14.5. The topological polar surface area (TPSA) is 81.5 Å². The predicted octanol–water partition coefficient (Wildman–Crippen LogP) is 4.47. The van der Waals surface area contributed by atoms with Crippen molar-refractivity contribution in [1.29, 1.82) is 0 Å². The third-order valence-corrected chi connectivity index (χ3v) is 3.91. The summed E-state index contributed by atoms with van der Waals surface area (Å²) in [6.45, 7) is 0.520. The number of hydrogen-bond donors (Lipinski definition) is 1. The molecule has 0 bridgehead atoms. The summed E-state index contributed by atoms with van der Waals surface area (Å²) in [6, 6.07) is 22.7. The fraction of sp³-hybridized carbons (Fsp3) is 0.0952. The lowest BCUT2D eigenvalue weighted by Crippen LogP contribution is -2.12. The molecular formula is C21H18N2O4. The van der Waals surface area contributed by atoms with Crippen LogP contribution in [0.2, 0.25) is 0 Å². The Morgan fingerprint density at radius 3 is 2.52 bits per heavy atom. The molecule has 6 heteroatoms. The van der Waals surface area contributed by atoms with Crippen LogP contribution in [-0.4, -0.2) is 17.4 Å². The van der Waals surface area contributed by atoms with Crippen molar-refractivity contribution >= 4 is 17.3 Å². The summed E-state index contributed by atoms with van der Waals surface area (Å²) in [7, 11) is 0. The van der Waals surface area contributed by atoms with Crippen LogP contribution >= 0.6 is 0 Å². The Hall–Kier alpha value is -3.67. The van der Waals surface area contributed by atoms with Crippen molar-refractivity contribution in [2.75, 3.05) is 11.9 Å². The Morgan fingerprint density at radius 1 is 0.963 bits per heavy atom. The van der Waals surface area contributed by atoms with Gasteiger partial charge in [0.15, 0.2) is 0 Å². The normalized spacial score (nSPS) is 10.2. The maximum atomic E-state index is 12.3. The molecule has 0 saturated heterocycles. The van der Waals surface area contributed by atoms with Gasteiger partial charge >= 0.3 is 0 Å². The Kier molecular flexibility index (Phi) is 5.79. The van der Waals surface area contributed by atoms with Crippen LogP contribution in [0.25, 0.3) is 0 Å². The number of nitrogens with one attached hydrogen (secondary N) is 1. The number of nitro benzene ring substituents is 1. The highest BCUT2D eigenvalue weighted by atomic mass is 16.6. The third kappa shape index (κ3) is 5.15. The van der Waals surface area contributed by atoms with Gasteiger partial charge in [0.05, 0.1) is 11.5 Å². The minimum atomic E-state index is -0.530. The lowest BCUT2D eigenvalue weighted by molar-refractivity contribution is -0.384. The molecule has 0 saturated carbocycles. The quantitative estimate of drug-likeness (QED) is 0.497. The number of nitro groups is 1. The van der Waals surface area contributed by atoms with E-state index in [0.29, 0.717) is 18.0 Å². The zero-order chi connectivity index (χ0) is 19.1. The van der Waals surface area contributed by atoms with E-state index in [-0.39, 0.29) is 11.3 Å². The molecule has 0 aliphatic carbocycles. The van der Waals surface area contributed by atoms with Crippen molar-refractivity contribution in [3.05, 3.63) is 100 Å². The highest BCUT2D eigenvalue weighted by Gasteiger charge is 2.12. The molecule has 1 amide bonds. The number of amides is 1. The van der Waals surface area contributed by atoms with Crippen molar-refractivity contribution in [3.63, 3.8) is 0 Å². The predicted molar refractivity (Wildman–Crippen MR) is 103 cm³/mol. The lowest BCUT2D eigenvalue weighted by Gasteiger charge is -2.09. The van der Waals surface area contributed by atoms with Crippen LogP contribution in [0, 0.1) is 10.1 Å². The third-order valence-electron chi connectivity index (χ3n) is 3.91.